The van der Waals surface area contributed by atoms with Gasteiger partial charge in [0.1, 0.15) is 11.6 Å². The van der Waals surface area contributed by atoms with Gasteiger partial charge in [-0.15, -0.1) is 6.58 Å². The van der Waals surface area contributed by atoms with Crippen molar-refractivity contribution in [1.82, 2.24) is 15.5 Å². The Morgan fingerprint density at radius 3 is 2.41 bits per heavy atom. The maximum atomic E-state index is 12.7. The minimum absolute atomic E-state index is 0.175. The van der Waals surface area contributed by atoms with Gasteiger partial charge in [0.15, 0.2) is 0 Å². The van der Waals surface area contributed by atoms with Crippen molar-refractivity contribution >= 4 is 18.1 Å². The lowest BCUT2D eigenvalue weighted by Crippen LogP contribution is -2.48. The lowest BCUT2D eigenvalue weighted by Gasteiger charge is -2.26. The smallest absolute Gasteiger partial charge is 0.408 e. The lowest BCUT2D eigenvalue weighted by atomic mass is 10.1. The van der Waals surface area contributed by atoms with Crippen LogP contribution in [-0.2, 0) is 9.53 Å². The normalized spacial score (nSPS) is 12.0. The third-order valence-corrected chi connectivity index (χ3v) is 3.71. The number of allylic oxidation sites excluding steroid dienone is 1. The SMILES string of the molecule is C=CCCCCN(C)C(=O)C(CCCCNC(=O)O)NC(=O)OC(C)(C)C. The molecule has 0 heterocycles. The highest BCUT2D eigenvalue weighted by atomic mass is 16.6. The molecule has 0 aliphatic rings. The molecule has 3 N–H and O–H groups in total. The summed E-state index contributed by atoms with van der Waals surface area (Å²) in [7, 11) is 1.71. The molecular formula is C19H35N3O5. The van der Waals surface area contributed by atoms with E-state index in [1.54, 1.807) is 32.7 Å². The van der Waals surface area contributed by atoms with Crippen LogP contribution in [0.4, 0.5) is 9.59 Å². The molecule has 156 valence electrons. The molecule has 1 unspecified atom stereocenters. The first-order valence-corrected chi connectivity index (χ1v) is 9.39. The Hall–Kier alpha value is -2.25. The number of rotatable bonds is 12. The van der Waals surface area contributed by atoms with Crippen molar-refractivity contribution in [2.75, 3.05) is 20.1 Å². The predicted octanol–water partition coefficient (Wildman–Crippen LogP) is 3.13. The summed E-state index contributed by atoms with van der Waals surface area (Å²) in [6, 6.07) is -0.700. The summed E-state index contributed by atoms with van der Waals surface area (Å²) in [5.74, 6) is -0.175. The highest BCUT2D eigenvalue weighted by Crippen LogP contribution is 2.10. The molecule has 0 fully saturated rings. The van der Waals surface area contributed by atoms with Crippen LogP contribution in [0.25, 0.3) is 0 Å². The number of nitrogens with one attached hydrogen (secondary N) is 2. The molecule has 0 radical (unpaired) electrons. The van der Waals surface area contributed by atoms with Gasteiger partial charge in [0, 0.05) is 20.1 Å². The van der Waals surface area contributed by atoms with Gasteiger partial charge in [-0.25, -0.2) is 9.59 Å². The number of hydrogen-bond acceptors (Lipinski definition) is 4. The summed E-state index contributed by atoms with van der Waals surface area (Å²) in [6.45, 7) is 9.85. The van der Waals surface area contributed by atoms with Crippen LogP contribution in [0.15, 0.2) is 12.7 Å². The summed E-state index contributed by atoms with van der Waals surface area (Å²) in [4.78, 5) is 36.9. The molecule has 0 saturated heterocycles. The van der Waals surface area contributed by atoms with Crippen molar-refractivity contribution in [3.63, 3.8) is 0 Å². The monoisotopic (exact) mass is 385 g/mol. The lowest BCUT2D eigenvalue weighted by molar-refractivity contribution is -0.132. The number of alkyl carbamates (subject to hydrolysis) is 1. The second kappa shape index (κ2) is 13.0. The third kappa shape index (κ3) is 13.6. The van der Waals surface area contributed by atoms with Gasteiger partial charge in [-0.2, -0.15) is 0 Å². The van der Waals surface area contributed by atoms with Gasteiger partial charge >= 0.3 is 12.2 Å². The Bertz CT molecular complexity index is 488. The Morgan fingerprint density at radius 2 is 1.85 bits per heavy atom. The van der Waals surface area contributed by atoms with Crippen LogP contribution in [-0.4, -0.2) is 59.9 Å². The highest BCUT2D eigenvalue weighted by molar-refractivity contribution is 5.85. The first-order chi connectivity index (χ1) is 12.6. The first kappa shape index (κ1) is 24.8. The number of nitrogens with zero attached hydrogens (tertiary/aromatic N) is 1. The van der Waals surface area contributed by atoms with Crippen molar-refractivity contribution in [1.29, 1.82) is 0 Å². The van der Waals surface area contributed by atoms with Gasteiger partial charge in [0.2, 0.25) is 5.91 Å². The second-order valence-electron chi connectivity index (χ2n) is 7.47. The third-order valence-electron chi connectivity index (χ3n) is 3.71. The van der Waals surface area contributed by atoms with Crippen molar-refractivity contribution in [2.24, 2.45) is 0 Å². The maximum absolute atomic E-state index is 12.7. The Kier molecular flexibility index (Phi) is 11.9. The van der Waals surface area contributed by atoms with E-state index >= 15 is 0 Å². The topological polar surface area (TPSA) is 108 Å². The average molecular weight is 386 g/mol. The van der Waals surface area contributed by atoms with Gasteiger partial charge in [0.05, 0.1) is 0 Å². The van der Waals surface area contributed by atoms with Gasteiger partial charge in [-0.3, -0.25) is 4.79 Å². The zero-order valence-electron chi connectivity index (χ0n) is 17.0. The fraction of sp³-hybridized carbons (Fsp3) is 0.737. The Labute approximate surface area is 162 Å². The molecule has 27 heavy (non-hydrogen) atoms. The molecule has 8 heteroatoms. The molecule has 0 rings (SSSR count). The number of carboxylic acid groups (broad SMARTS) is 1. The zero-order chi connectivity index (χ0) is 20.9. The van der Waals surface area contributed by atoms with Crippen LogP contribution >= 0.6 is 0 Å². The van der Waals surface area contributed by atoms with E-state index in [0.717, 1.165) is 19.3 Å². The van der Waals surface area contributed by atoms with Crippen LogP contribution in [0.2, 0.25) is 0 Å². The van der Waals surface area contributed by atoms with Crippen molar-refractivity contribution < 1.29 is 24.2 Å². The van der Waals surface area contributed by atoms with E-state index in [-0.39, 0.29) is 5.91 Å². The summed E-state index contributed by atoms with van der Waals surface area (Å²) in [6.07, 6.45) is 4.43. The van der Waals surface area contributed by atoms with E-state index in [4.69, 9.17) is 9.84 Å². The van der Waals surface area contributed by atoms with Crippen molar-refractivity contribution in [3.05, 3.63) is 12.7 Å². The number of amides is 3. The standard InChI is InChI=1S/C19H35N3O5/c1-6-7-8-11-14-22(5)16(23)15(12-9-10-13-20-17(24)25)21-18(26)27-19(2,3)4/h6,15,20H,1,7-14H2,2-5H3,(H,21,26)(H,24,25). The van der Waals surface area contributed by atoms with Crippen LogP contribution in [0.1, 0.15) is 59.3 Å². The Morgan fingerprint density at radius 1 is 1.19 bits per heavy atom. The molecule has 8 nitrogen and oxygen atoms in total. The fourth-order valence-corrected chi connectivity index (χ4v) is 2.39. The number of ether oxygens (including phenoxy) is 1. The maximum Gasteiger partial charge on any atom is 0.408 e. The summed E-state index contributed by atoms with van der Waals surface area (Å²) in [5.41, 5.74) is -0.653. The van der Waals surface area contributed by atoms with E-state index in [1.165, 1.54) is 0 Å². The number of unbranched alkanes of at least 4 members (excludes halogenated alkanes) is 3. The second-order valence-corrected chi connectivity index (χ2v) is 7.47. The Balaban J connectivity index is 4.68. The van der Waals surface area contributed by atoms with Crippen LogP contribution < -0.4 is 10.6 Å². The quantitative estimate of drug-likeness (QED) is 0.353. The fourth-order valence-electron chi connectivity index (χ4n) is 2.39. The van der Waals surface area contributed by atoms with Crippen molar-refractivity contribution in [3.8, 4) is 0 Å². The van der Waals surface area contributed by atoms with Gasteiger partial charge in [-0.05, 0) is 59.3 Å². The molecule has 0 bridgehead atoms. The molecular weight excluding hydrogens is 350 g/mol. The predicted molar refractivity (Wildman–Crippen MR) is 105 cm³/mol. The van der Waals surface area contributed by atoms with E-state index in [2.05, 4.69) is 17.2 Å². The molecule has 0 aliphatic carbocycles. The molecule has 0 aromatic rings. The summed E-state index contributed by atoms with van der Waals surface area (Å²) in [5, 5.41) is 13.5. The van der Waals surface area contributed by atoms with E-state index in [0.29, 0.717) is 32.4 Å². The minimum atomic E-state index is -1.08. The van der Waals surface area contributed by atoms with Gasteiger partial charge in [-0.1, -0.05) is 6.08 Å². The molecule has 0 saturated carbocycles. The molecule has 3 amide bonds. The largest absolute Gasteiger partial charge is 0.465 e. The molecule has 1 atom stereocenters. The average Bonchev–Trinajstić information content (AvgIpc) is 2.54. The summed E-state index contributed by atoms with van der Waals surface area (Å²) >= 11 is 0. The van der Waals surface area contributed by atoms with Crippen LogP contribution in [0.3, 0.4) is 0 Å². The minimum Gasteiger partial charge on any atom is -0.465 e. The van der Waals surface area contributed by atoms with E-state index in [9.17, 15) is 14.4 Å². The van der Waals surface area contributed by atoms with Crippen LogP contribution in [0, 0.1) is 0 Å². The molecule has 0 spiro atoms. The number of carbonyl (C=O) groups is 3. The van der Waals surface area contributed by atoms with Crippen LogP contribution in [0.5, 0.6) is 0 Å². The van der Waals surface area contributed by atoms with E-state index in [1.807, 2.05) is 6.08 Å². The number of likely N-dealkylation sites (N-methyl/N-ethyl adjacent to an activating group) is 1. The molecule has 0 aromatic heterocycles. The molecule has 0 aliphatic heterocycles. The zero-order valence-corrected chi connectivity index (χ0v) is 17.0. The van der Waals surface area contributed by atoms with Gasteiger partial charge in [0.25, 0.3) is 0 Å². The van der Waals surface area contributed by atoms with Gasteiger partial charge < -0.3 is 25.4 Å². The number of carbonyl (C=O) groups excluding carboxylic acids is 2. The van der Waals surface area contributed by atoms with Crippen molar-refractivity contribution in [2.45, 2.75) is 70.9 Å². The summed E-state index contributed by atoms with van der Waals surface area (Å²) < 4.78 is 5.25. The van der Waals surface area contributed by atoms with E-state index < -0.39 is 23.8 Å². The molecule has 0 aromatic carbocycles. The number of hydrogen-bond donors (Lipinski definition) is 3. The highest BCUT2D eigenvalue weighted by Gasteiger charge is 2.26. The first-order valence-electron chi connectivity index (χ1n) is 9.39.